The number of rotatable bonds is 2. The van der Waals surface area contributed by atoms with Gasteiger partial charge in [-0.05, 0) is 31.0 Å². The highest BCUT2D eigenvalue weighted by Gasteiger charge is 2.39. The molecule has 2 aliphatic rings. The second-order valence-electron chi connectivity index (χ2n) is 5.31. The summed E-state index contributed by atoms with van der Waals surface area (Å²) < 4.78 is 32.7. The normalized spacial score (nSPS) is 25.4. The van der Waals surface area contributed by atoms with Crippen LogP contribution in [0.5, 0.6) is 0 Å². The minimum atomic E-state index is -3.48. The minimum Gasteiger partial charge on any atom is -0.372 e. The summed E-state index contributed by atoms with van der Waals surface area (Å²) in [7, 11) is -3.48. The van der Waals surface area contributed by atoms with Crippen molar-refractivity contribution in [2.45, 2.75) is 29.9 Å². The molecule has 2 N–H and O–H groups in total. The Morgan fingerprint density at radius 3 is 2.67 bits per heavy atom. The third kappa shape index (κ3) is 2.97. The third-order valence-electron chi connectivity index (χ3n) is 3.82. The molecule has 0 radical (unpaired) electrons. The van der Waals surface area contributed by atoms with Crippen LogP contribution in [0.1, 0.15) is 18.4 Å². The summed E-state index contributed by atoms with van der Waals surface area (Å²) in [6.07, 6.45) is 1.97. The van der Waals surface area contributed by atoms with Gasteiger partial charge in [0.1, 0.15) is 0 Å². The number of nitrogens with two attached hydrogens (primary N) is 1. The zero-order valence-corrected chi connectivity index (χ0v) is 12.5. The van der Waals surface area contributed by atoms with Gasteiger partial charge in [0.2, 0.25) is 10.0 Å². The van der Waals surface area contributed by atoms with Gasteiger partial charge in [0.05, 0.1) is 23.6 Å². The monoisotopic (exact) mass is 306 g/mol. The molecule has 0 aliphatic carbocycles. The Balaban J connectivity index is 1.88. The molecule has 1 aromatic rings. The Hall–Kier alpha value is -1.39. The molecule has 2 atom stereocenters. The first kappa shape index (κ1) is 14.5. The average Bonchev–Trinajstić information content (AvgIpc) is 2.83. The maximum absolute atomic E-state index is 12.7. The Labute approximate surface area is 125 Å². The summed E-state index contributed by atoms with van der Waals surface area (Å²) in [6, 6.07) is 6.71. The number of benzene rings is 1. The van der Waals surface area contributed by atoms with Gasteiger partial charge in [-0.3, -0.25) is 0 Å². The predicted molar refractivity (Wildman–Crippen MR) is 79.0 cm³/mol. The van der Waals surface area contributed by atoms with Crippen molar-refractivity contribution in [3.8, 4) is 11.8 Å². The number of hydrogen-bond acceptors (Lipinski definition) is 4. The SMILES string of the molecule is NCC#Cc1cccc(S(=O)(=O)N2CC3CCC(C2)O3)c1. The molecule has 2 heterocycles. The van der Waals surface area contributed by atoms with Crippen molar-refractivity contribution in [1.29, 1.82) is 0 Å². The highest BCUT2D eigenvalue weighted by Crippen LogP contribution is 2.29. The van der Waals surface area contributed by atoms with E-state index < -0.39 is 10.0 Å². The van der Waals surface area contributed by atoms with Crippen LogP contribution in [-0.2, 0) is 14.8 Å². The van der Waals surface area contributed by atoms with Crippen LogP contribution in [0.3, 0.4) is 0 Å². The maximum Gasteiger partial charge on any atom is 0.243 e. The van der Waals surface area contributed by atoms with Gasteiger partial charge in [-0.1, -0.05) is 17.9 Å². The van der Waals surface area contributed by atoms with Crippen molar-refractivity contribution in [3.63, 3.8) is 0 Å². The van der Waals surface area contributed by atoms with E-state index in [1.807, 2.05) is 0 Å². The molecular formula is C15H18N2O3S. The summed E-state index contributed by atoms with van der Waals surface area (Å²) in [5.41, 5.74) is 6.01. The van der Waals surface area contributed by atoms with E-state index in [1.54, 1.807) is 24.3 Å². The number of sulfonamides is 1. The lowest BCUT2D eigenvalue weighted by atomic mass is 10.2. The van der Waals surface area contributed by atoms with Crippen LogP contribution in [0.2, 0.25) is 0 Å². The molecule has 2 bridgehead atoms. The van der Waals surface area contributed by atoms with E-state index in [-0.39, 0.29) is 23.6 Å². The molecule has 2 saturated heterocycles. The van der Waals surface area contributed by atoms with Gasteiger partial charge >= 0.3 is 0 Å². The Kier molecular flexibility index (Phi) is 4.00. The second-order valence-corrected chi connectivity index (χ2v) is 7.25. The van der Waals surface area contributed by atoms with Crippen molar-refractivity contribution in [2.24, 2.45) is 5.73 Å². The summed E-state index contributed by atoms with van der Waals surface area (Å²) in [5, 5.41) is 0. The van der Waals surface area contributed by atoms with Gasteiger partial charge in [-0.15, -0.1) is 0 Å². The molecule has 2 unspecified atom stereocenters. The fourth-order valence-electron chi connectivity index (χ4n) is 2.81. The number of fused-ring (bicyclic) bond motifs is 2. The van der Waals surface area contributed by atoms with Crippen LogP contribution in [0.4, 0.5) is 0 Å². The number of morpholine rings is 1. The Bertz CT molecular complexity index is 678. The van der Waals surface area contributed by atoms with Gasteiger partial charge in [0.15, 0.2) is 0 Å². The average molecular weight is 306 g/mol. The molecular weight excluding hydrogens is 288 g/mol. The Morgan fingerprint density at radius 2 is 2.00 bits per heavy atom. The third-order valence-corrected chi connectivity index (χ3v) is 5.64. The lowest BCUT2D eigenvalue weighted by molar-refractivity contribution is -0.0114. The van der Waals surface area contributed by atoms with Gasteiger partial charge in [0.25, 0.3) is 0 Å². The first-order valence-corrected chi connectivity index (χ1v) is 8.48. The molecule has 0 aromatic heterocycles. The molecule has 5 nitrogen and oxygen atoms in total. The first-order valence-electron chi connectivity index (χ1n) is 7.04. The van der Waals surface area contributed by atoms with Gasteiger partial charge < -0.3 is 10.5 Å². The summed E-state index contributed by atoms with van der Waals surface area (Å²) in [5.74, 6) is 5.60. The zero-order chi connectivity index (χ0) is 14.9. The molecule has 0 saturated carbocycles. The second kappa shape index (κ2) is 5.78. The van der Waals surface area contributed by atoms with E-state index in [0.29, 0.717) is 18.7 Å². The summed E-state index contributed by atoms with van der Waals surface area (Å²) in [6.45, 7) is 1.14. The first-order chi connectivity index (χ1) is 10.1. The Morgan fingerprint density at radius 1 is 1.29 bits per heavy atom. The van der Waals surface area contributed by atoms with Crippen LogP contribution < -0.4 is 5.73 Å². The lowest BCUT2D eigenvalue weighted by Gasteiger charge is -2.31. The molecule has 3 rings (SSSR count). The van der Waals surface area contributed by atoms with Crippen LogP contribution in [0.25, 0.3) is 0 Å². The molecule has 21 heavy (non-hydrogen) atoms. The quantitative estimate of drug-likeness (QED) is 0.810. The fraction of sp³-hybridized carbons (Fsp3) is 0.467. The van der Waals surface area contributed by atoms with E-state index in [4.69, 9.17) is 10.5 Å². The maximum atomic E-state index is 12.7. The minimum absolute atomic E-state index is 0.0405. The van der Waals surface area contributed by atoms with Crippen LogP contribution in [0, 0.1) is 11.8 Å². The van der Waals surface area contributed by atoms with E-state index in [2.05, 4.69) is 11.8 Å². The van der Waals surface area contributed by atoms with Crippen LogP contribution >= 0.6 is 0 Å². The molecule has 6 heteroatoms. The number of hydrogen-bond donors (Lipinski definition) is 1. The van der Waals surface area contributed by atoms with E-state index in [1.165, 1.54) is 4.31 Å². The highest BCUT2D eigenvalue weighted by atomic mass is 32.2. The van der Waals surface area contributed by atoms with E-state index >= 15 is 0 Å². The summed E-state index contributed by atoms with van der Waals surface area (Å²) in [4.78, 5) is 0.285. The van der Waals surface area contributed by atoms with Gasteiger partial charge in [-0.2, -0.15) is 4.31 Å². The molecule has 2 fully saturated rings. The lowest BCUT2D eigenvalue weighted by Crippen LogP contribution is -2.45. The largest absolute Gasteiger partial charge is 0.372 e. The fourth-order valence-corrected chi connectivity index (χ4v) is 4.36. The van der Waals surface area contributed by atoms with E-state index in [9.17, 15) is 8.42 Å². The summed E-state index contributed by atoms with van der Waals surface area (Å²) >= 11 is 0. The van der Waals surface area contributed by atoms with Gasteiger partial charge in [0, 0.05) is 18.7 Å². The van der Waals surface area contributed by atoms with Crippen molar-refractivity contribution in [1.82, 2.24) is 4.31 Å². The molecule has 0 amide bonds. The molecule has 2 aliphatic heterocycles. The van der Waals surface area contributed by atoms with Crippen LogP contribution in [0.15, 0.2) is 29.2 Å². The molecule has 1 aromatic carbocycles. The molecule has 0 spiro atoms. The number of ether oxygens (including phenoxy) is 1. The topological polar surface area (TPSA) is 72.6 Å². The van der Waals surface area contributed by atoms with Crippen molar-refractivity contribution in [3.05, 3.63) is 29.8 Å². The predicted octanol–water partition coefficient (Wildman–Crippen LogP) is 0.549. The van der Waals surface area contributed by atoms with Crippen molar-refractivity contribution < 1.29 is 13.2 Å². The zero-order valence-electron chi connectivity index (χ0n) is 11.7. The van der Waals surface area contributed by atoms with Crippen molar-refractivity contribution >= 4 is 10.0 Å². The standard InChI is InChI=1S/C15H18N2O3S/c16-8-2-4-12-3-1-5-15(9-12)21(18,19)17-10-13-6-7-14(11-17)20-13/h1,3,5,9,13-14H,6-8,10-11,16H2. The smallest absolute Gasteiger partial charge is 0.243 e. The number of nitrogens with zero attached hydrogens (tertiary/aromatic N) is 1. The molecule has 112 valence electrons. The van der Waals surface area contributed by atoms with Crippen molar-refractivity contribution in [2.75, 3.05) is 19.6 Å². The van der Waals surface area contributed by atoms with Crippen LogP contribution in [-0.4, -0.2) is 44.6 Å². The highest BCUT2D eigenvalue weighted by molar-refractivity contribution is 7.89. The van der Waals surface area contributed by atoms with E-state index in [0.717, 1.165) is 12.8 Å². The van der Waals surface area contributed by atoms with Gasteiger partial charge in [-0.25, -0.2) is 8.42 Å².